The van der Waals surface area contributed by atoms with Gasteiger partial charge in [-0.15, -0.1) is 0 Å². The SMILES string of the molecule is CCC1(O)C(=O)OCc2c1cc1n(c2=O)Cc2cc3nc(OC)ccc3nc2-1. The summed E-state index contributed by atoms with van der Waals surface area (Å²) in [4.78, 5) is 34.3. The number of cyclic esters (lactones) is 1. The summed E-state index contributed by atoms with van der Waals surface area (Å²) in [6, 6.07) is 7.12. The first-order chi connectivity index (χ1) is 13.5. The molecule has 5 heterocycles. The Morgan fingerprint density at radius 1 is 1.25 bits per heavy atom. The topological polar surface area (TPSA) is 104 Å². The molecule has 0 bridgehead atoms. The number of pyridine rings is 3. The number of carbonyl (C=O) groups is 1. The van der Waals surface area contributed by atoms with E-state index in [2.05, 4.69) is 9.97 Å². The molecule has 3 aromatic rings. The van der Waals surface area contributed by atoms with Crippen LogP contribution in [0.5, 0.6) is 5.88 Å². The Kier molecular flexibility index (Phi) is 3.39. The van der Waals surface area contributed by atoms with Gasteiger partial charge in [0.2, 0.25) is 5.88 Å². The maximum absolute atomic E-state index is 13.1. The van der Waals surface area contributed by atoms with E-state index in [4.69, 9.17) is 9.47 Å². The second-order valence-corrected chi connectivity index (χ2v) is 6.99. The first kappa shape index (κ1) is 16.9. The molecule has 142 valence electrons. The molecular formula is C20H17N3O5. The molecule has 5 rings (SSSR count). The normalized spacial score (nSPS) is 19.8. The third-order valence-corrected chi connectivity index (χ3v) is 5.55. The lowest BCUT2D eigenvalue weighted by Gasteiger charge is -2.31. The van der Waals surface area contributed by atoms with Crippen molar-refractivity contribution in [2.75, 3.05) is 7.11 Å². The number of rotatable bonds is 2. The van der Waals surface area contributed by atoms with Gasteiger partial charge in [0.25, 0.3) is 5.56 Å². The maximum atomic E-state index is 13.1. The van der Waals surface area contributed by atoms with Crippen molar-refractivity contribution in [2.24, 2.45) is 0 Å². The second kappa shape index (κ2) is 5.62. The first-order valence-electron chi connectivity index (χ1n) is 8.98. The van der Waals surface area contributed by atoms with E-state index in [0.717, 1.165) is 5.56 Å². The molecule has 0 fully saturated rings. The van der Waals surface area contributed by atoms with E-state index in [0.29, 0.717) is 46.0 Å². The van der Waals surface area contributed by atoms with Crippen molar-refractivity contribution in [1.29, 1.82) is 0 Å². The van der Waals surface area contributed by atoms with Crippen molar-refractivity contribution in [3.63, 3.8) is 0 Å². The zero-order chi connectivity index (χ0) is 19.6. The van der Waals surface area contributed by atoms with Crippen LogP contribution in [0.15, 0.2) is 29.1 Å². The van der Waals surface area contributed by atoms with Crippen LogP contribution in [-0.4, -0.2) is 32.7 Å². The number of esters is 1. The Morgan fingerprint density at radius 3 is 2.82 bits per heavy atom. The van der Waals surface area contributed by atoms with Crippen LogP contribution < -0.4 is 10.3 Å². The van der Waals surface area contributed by atoms with Crippen LogP contribution in [0.25, 0.3) is 22.4 Å². The van der Waals surface area contributed by atoms with Crippen LogP contribution in [0.4, 0.5) is 0 Å². The van der Waals surface area contributed by atoms with Gasteiger partial charge in [0.05, 0.1) is 41.6 Å². The minimum absolute atomic E-state index is 0.115. The third-order valence-electron chi connectivity index (χ3n) is 5.55. The van der Waals surface area contributed by atoms with E-state index >= 15 is 0 Å². The number of carbonyl (C=O) groups excluding carboxylic acids is 1. The highest BCUT2D eigenvalue weighted by Crippen LogP contribution is 2.38. The van der Waals surface area contributed by atoms with E-state index in [1.807, 2.05) is 6.07 Å². The Labute approximate surface area is 159 Å². The zero-order valence-electron chi connectivity index (χ0n) is 15.4. The predicted molar refractivity (Wildman–Crippen MR) is 98.9 cm³/mol. The van der Waals surface area contributed by atoms with Crippen molar-refractivity contribution in [3.8, 4) is 17.3 Å². The number of nitrogens with zero attached hydrogens (tertiary/aromatic N) is 3. The molecule has 0 amide bonds. The van der Waals surface area contributed by atoms with Gasteiger partial charge < -0.3 is 19.1 Å². The van der Waals surface area contributed by atoms with Crippen molar-refractivity contribution in [3.05, 3.63) is 51.3 Å². The quantitative estimate of drug-likeness (QED) is 0.526. The molecule has 2 aliphatic heterocycles. The smallest absolute Gasteiger partial charge is 0.343 e. The average molecular weight is 379 g/mol. The Morgan fingerprint density at radius 2 is 2.07 bits per heavy atom. The van der Waals surface area contributed by atoms with Crippen molar-refractivity contribution in [1.82, 2.24) is 14.5 Å². The number of methoxy groups -OCH3 is 1. The van der Waals surface area contributed by atoms with E-state index in [1.165, 1.54) is 0 Å². The van der Waals surface area contributed by atoms with Crippen LogP contribution in [0.3, 0.4) is 0 Å². The Bertz CT molecular complexity index is 1230. The highest BCUT2D eigenvalue weighted by Gasteiger charge is 2.45. The molecule has 8 heteroatoms. The number of hydrogen-bond acceptors (Lipinski definition) is 7. The highest BCUT2D eigenvalue weighted by molar-refractivity contribution is 5.85. The van der Waals surface area contributed by atoms with Gasteiger partial charge in [-0.1, -0.05) is 6.92 Å². The molecule has 1 atom stereocenters. The summed E-state index contributed by atoms with van der Waals surface area (Å²) in [5, 5.41) is 10.9. The van der Waals surface area contributed by atoms with E-state index in [1.54, 1.807) is 36.8 Å². The van der Waals surface area contributed by atoms with E-state index in [-0.39, 0.29) is 18.6 Å². The summed E-state index contributed by atoms with van der Waals surface area (Å²) >= 11 is 0. The van der Waals surface area contributed by atoms with Crippen LogP contribution in [0.2, 0.25) is 0 Å². The fourth-order valence-corrected chi connectivity index (χ4v) is 3.95. The molecule has 28 heavy (non-hydrogen) atoms. The van der Waals surface area contributed by atoms with Gasteiger partial charge in [0.15, 0.2) is 5.60 Å². The Hall–Kier alpha value is -3.26. The standard InChI is InChI=1S/C20H17N3O5/c1-3-20(26)12-7-15-17-10(6-14-13(22-17)4-5-16(21-14)27-2)8-23(15)18(24)11(12)9-28-19(20)25/h4-7,26H,3,8-9H2,1-2H3. The molecule has 8 nitrogen and oxygen atoms in total. The minimum atomic E-state index is -1.82. The van der Waals surface area contributed by atoms with Gasteiger partial charge >= 0.3 is 5.97 Å². The molecule has 0 saturated heterocycles. The summed E-state index contributed by atoms with van der Waals surface area (Å²) in [5.74, 6) is -0.242. The fourth-order valence-electron chi connectivity index (χ4n) is 3.95. The first-order valence-corrected chi connectivity index (χ1v) is 8.98. The summed E-state index contributed by atoms with van der Waals surface area (Å²) in [5.41, 5.74) is 1.94. The summed E-state index contributed by atoms with van der Waals surface area (Å²) in [7, 11) is 1.55. The number of hydrogen-bond donors (Lipinski definition) is 1. The molecule has 0 radical (unpaired) electrons. The number of aromatic nitrogens is 3. The maximum Gasteiger partial charge on any atom is 0.343 e. The van der Waals surface area contributed by atoms with Crippen LogP contribution >= 0.6 is 0 Å². The molecule has 0 saturated carbocycles. The van der Waals surface area contributed by atoms with Gasteiger partial charge in [-0.05, 0) is 24.6 Å². The summed E-state index contributed by atoms with van der Waals surface area (Å²) in [6.45, 7) is 1.89. The molecule has 1 N–H and O–H groups in total. The predicted octanol–water partition coefficient (Wildman–Crippen LogP) is 1.48. The van der Waals surface area contributed by atoms with Gasteiger partial charge in [-0.25, -0.2) is 14.8 Å². The third kappa shape index (κ3) is 2.09. The molecule has 0 spiro atoms. The summed E-state index contributed by atoms with van der Waals surface area (Å²) in [6.07, 6.45) is 0.115. The monoisotopic (exact) mass is 379 g/mol. The molecule has 1 unspecified atom stereocenters. The van der Waals surface area contributed by atoms with E-state index in [9.17, 15) is 14.7 Å². The molecule has 0 aromatic carbocycles. The number of fused-ring (bicyclic) bond motifs is 5. The lowest BCUT2D eigenvalue weighted by molar-refractivity contribution is -0.172. The van der Waals surface area contributed by atoms with Crippen molar-refractivity contribution >= 4 is 17.0 Å². The number of ether oxygens (including phenoxy) is 2. The van der Waals surface area contributed by atoms with E-state index < -0.39 is 11.6 Å². The van der Waals surface area contributed by atoms with Crippen molar-refractivity contribution in [2.45, 2.75) is 32.1 Å². The van der Waals surface area contributed by atoms with Crippen LogP contribution in [-0.2, 0) is 28.3 Å². The zero-order valence-corrected chi connectivity index (χ0v) is 15.4. The van der Waals surface area contributed by atoms with Crippen LogP contribution in [0.1, 0.15) is 30.0 Å². The average Bonchev–Trinajstić information content (AvgIpc) is 3.07. The van der Waals surface area contributed by atoms with Gasteiger partial charge in [-0.3, -0.25) is 4.79 Å². The minimum Gasteiger partial charge on any atom is -0.481 e. The van der Waals surface area contributed by atoms with Gasteiger partial charge in [-0.2, -0.15) is 0 Å². The van der Waals surface area contributed by atoms with Crippen molar-refractivity contribution < 1.29 is 19.4 Å². The Balaban J connectivity index is 1.76. The number of aliphatic hydroxyl groups is 1. The lowest BCUT2D eigenvalue weighted by atomic mass is 9.86. The second-order valence-electron chi connectivity index (χ2n) is 6.99. The van der Waals surface area contributed by atoms with Gasteiger partial charge in [0, 0.05) is 17.2 Å². The van der Waals surface area contributed by atoms with Gasteiger partial charge in [0.1, 0.15) is 6.61 Å². The van der Waals surface area contributed by atoms with Crippen LogP contribution in [0, 0.1) is 0 Å². The molecule has 0 aliphatic carbocycles. The lowest BCUT2D eigenvalue weighted by Crippen LogP contribution is -2.44. The molecule has 3 aromatic heterocycles. The summed E-state index contributed by atoms with van der Waals surface area (Å²) < 4.78 is 11.8. The largest absolute Gasteiger partial charge is 0.481 e. The fraction of sp³-hybridized carbons (Fsp3) is 0.300. The highest BCUT2D eigenvalue weighted by atomic mass is 16.6. The molecule has 2 aliphatic rings. The molecular weight excluding hydrogens is 362 g/mol.